The van der Waals surface area contributed by atoms with E-state index in [1.807, 2.05) is 26.0 Å². The zero-order valence-electron chi connectivity index (χ0n) is 16.9. The van der Waals surface area contributed by atoms with E-state index in [1.54, 1.807) is 23.0 Å². The average molecular weight is 430 g/mol. The number of nitrogens with zero attached hydrogens (tertiary/aromatic N) is 5. The van der Waals surface area contributed by atoms with Crippen LogP contribution in [-0.2, 0) is 16.7 Å². The van der Waals surface area contributed by atoms with Gasteiger partial charge in [-0.3, -0.25) is 19.7 Å². The van der Waals surface area contributed by atoms with Gasteiger partial charge >= 0.3 is 0 Å². The highest BCUT2D eigenvalue weighted by Crippen LogP contribution is 2.24. The number of nitro groups is 1. The van der Waals surface area contributed by atoms with Crippen LogP contribution in [0.3, 0.4) is 0 Å². The van der Waals surface area contributed by atoms with Crippen LogP contribution < -0.4 is 0 Å². The lowest BCUT2D eigenvalue weighted by molar-refractivity contribution is -0.384. The maximum absolute atomic E-state index is 13.0. The van der Waals surface area contributed by atoms with Gasteiger partial charge < -0.3 is 0 Å². The van der Waals surface area contributed by atoms with Gasteiger partial charge in [-0.25, -0.2) is 8.42 Å². The molecule has 1 aliphatic heterocycles. The fraction of sp³-hybridized carbons (Fsp3) is 0.350. The van der Waals surface area contributed by atoms with E-state index in [9.17, 15) is 18.5 Å². The van der Waals surface area contributed by atoms with E-state index in [-0.39, 0.29) is 5.69 Å². The van der Waals surface area contributed by atoms with E-state index in [2.05, 4.69) is 10.00 Å². The fourth-order valence-corrected chi connectivity index (χ4v) is 5.44. The summed E-state index contributed by atoms with van der Waals surface area (Å²) in [6, 6.07) is 10.0. The Morgan fingerprint density at radius 2 is 1.80 bits per heavy atom. The van der Waals surface area contributed by atoms with Gasteiger partial charge in [0.15, 0.2) is 0 Å². The predicted octanol–water partition coefficient (Wildman–Crippen LogP) is 2.53. The first-order chi connectivity index (χ1) is 14.3. The Labute approximate surface area is 174 Å². The monoisotopic (exact) mass is 429 g/mol. The average Bonchev–Trinajstić information content (AvgIpc) is 3.10. The molecule has 0 unspecified atom stereocenters. The van der Waals surface area contributed by atoms with Crippen molar-refractivity contribution in [1.29, 1.82) is 0 Å². The number of fused-ring (bicyclic) bond motifs is 1. The Bertz CT molecular complexity index is 1210. The molecule has 0 bridgehead atoms. The summed E-state index contributed by atoms with van der Waals surface area (Å²) in [6.07, 6.45) is 1.68. The van der Waals surface area contributed by atoms with Gasteiger partial charge in [0.25, 0.3) is 5.69 Å². The van der Waals surface area contributed by atoms with Crippen molar-refractivity contribution in [3.8, 4) is 0 Å². The summed E-state index contributed by atoms with van der Waals surface area (Å²) in [7, 11) is -3.54. The Kier molecular flexibility index (Phi) is 5.31. The van der Waals surface area contributed by atoms with E-state index < -0.39 is 14.9 Å². The molecule has 30 heavy (non-hydrogen) atoms. The van der Waals surface area contributed by atoms with Crippen LogP contribution in [-0.4, -0.2) is 58.5 Å². The second-order valence-electron chi connectivity index (χ2n) is 7.58. The van der Waals surface area contributed by atoms with Crippen molar-refractivity contribution < 1.29 is 13.3 Å². The normalized spacial score (nSPS) is 16.2. The molecule has 0 N–H and O–H groups in total. The highest BCUT2D eigenvalue weighted by atomic mass is 32.2. The molecule has 1 saturated heterocycles. The molecule has 0 spiro atoms. The van der Waals surface area contributed by atoms with Gasteiger partial charge in [0.1, 0.15) is 0 Å². The number of benzene rings is 2. The van der Waals surface area contributed by atoms with Gasteiger partial charge in [-0.15, -0.1) is 0 Å². The molecule has 0 amide bonds. The first kappa shape index (κ1) is 20.5. The molecule has 158 valence electrons. The van der Waals surface area contributed by atoms with Crippen LogP contribution >= 0.6 is 0 Å². The van der Waals surface area contributed by atoms with Crippen LogP contribution in [0.5, 0.6) is 0 Å². The van der Waals surface area contributed by atoms with Crippen LogP contribution in [0.4, 0.5) is 5.69 Å². The summed E-state index contributed by atoms with van der Waals surface area (Å²) >= 11 is 0. The molecule has 1 aliphatic rings. The van der Waals surface area contributed by atoms with Crippen molar-refractivity contribution in [3.63, 3.8) is 0 Å². The summed E-state index contributed by atoms with van der Waals surface area (Å²) in [5.74, 6) is 0. The molecule has 3 aromatic rings. The van der Waals surface area contributed by atoms with Crippen LogP contribution in [0.2, 0.25) is 0 Å². The lowest BCUT2D eigenvalue weighted by atomic mass is 10.2. The standard InChI is InChI=1S/C20H23N5O4S/c1-15-3-6-20(16(2)11-15)30(28,29)23-9-7-22(8-10-23)14-24-19-12-18(25(26)27)5-4-17(19)13-21-24/h3-6,11-13H,7-10,14H2,1-2H3. The van der Waals surface area contributed by atoms with Crippen LogP contribution in [0.1, 0.15) is 11.1 Å². The minimum absolute atomic E-state index is 0.0219. The molecule has 0 aliphatic carbocycles. The Hall–Kier alpha value is -2.82. The summed E-state index contributed by atoms with van der Waals surface area (Å²) in [5, 5.41) is 16.2. The van der Waals surface area contributed by atoms with Crippen molar-refractivity contribution in [3.05, 3.63) is 63.8 Å². The number of rotatable bonds is 5. The predicted molar refractivity (Wildman–Crippen MR) is 113 cm³/mol. The minimum atomic E-state index is -3.54. The van der Waals surface area contributed by atoms with Crippen molar-refractivity contribution in [2.24, 2.45) is 0 Å². The Morgan fingerprint density at radius 3 is 2.47 bits per heavy atom. The molecule has 0 saturated carbocycles. The maximum atomic E-state index is 13.0. The number of non-ortho nitro benzene ring substituents is 1. The zero-order valence-corrected chi connectivity index (χ0v) is 17.7. The highest BCUT2D eigenvalue weighted by molar-refractivity contribution is 7.89. The summed E-state index contributed by atoms with van der Waals surface area (Å²) < 4.78 is 29.3. The third-order valence-corrected chi connectivity index (χ3v) is 7.51. The summed E-state index contributed by atoms with van der Waals surface area (Å²) in [5.41, 5.74) is 2.49. The van der Waals surface area contributed by atoms with E-state index >= 15 is 0 Å². The number of nitro benzene ring substituents is 1. The number of aryl methyl sites for hydroxylation is 2. The number of aromatic nitrogens is 2. The van der Waals surface area contributed by atoms with Crippen molar-refractivity contribution in [2.45, 2.75) is 25.4 Å². The maximum Gasteiger partial charge on any atom is 0.271 e. The van der Waals surface area contributed by atoms with Gasteiger partial charge in [0.2, 0.25) is 10.0 Å². The van der Waals surface area contributed by atoms with E-state index in [0.717, 1.165) is 16.5 Å². The van der Waals surface area contributed by atoms with E-state index in [4.69, 9.17) is 0 Å². The van der Waals surface area contributed by atoms with Crippen molar-refractivity contribution >= 4 is 26.6 Å². The third-order valence-electron chi connectivity index (χ3n) is 5.45. The number of piperazine rings is 1. The molecule has 0 radical (unpaired) electrons. The van der Waals surface area contributed by atoms with Crippen LogP contribution in [0.15, 0.2) is 47.5 Å². The van der Waals surface area contributed by atoms with E-state index in [1.165, 1.54) is 16.4 Å². The molecule has 1 aromatic heterocycles. The number of hydrogen-bond acceptors (Lipinski definition) is 6. The number of sulfonamides is 1. The third kappa shape index (κ3) is 3.81. The van der Waals surface area contributed by atoms with Crippen molar-refractivity contribution in [1.82, 2.24) is 19.0 Å². The summed E-state index contributed by atoms with van der Waals surface area (Å²) in [4.78, 5) is 13.1. The molecule has 2 heterocycles. The second kappa shape index (κ2) is 7.78. The van der Waals surface area contributed by atoms with Crippen LogP contribution in [0.25, 0.3) is 10.9 Å². The fourth-order valence-electron chi connectivity index (χ4n) is 3.81. The molecular formula is C20H23N5O4S. The molecule has 1 fully saturated rings. The zero-order chi connectivity index (χ0) is 21.5. The number of hydrogen-bond donors (Lipinski definition) is 0. The molecule has 4 rings (SSSR count). The molecule has 2 aromatic carbocycles. The lowest BCUT2D eigenvalue weighted by Crippen LogP contribution is -2.49. The molecule has 10 heteroatoms. The molecular weight excluding hydrogens is 406 g/mol. The van der Waals surface area contributed by atoms with Gasteiger partial charge in [0, 0.05) is 43.7 Å². The van der Waals surface area contributed by atoms with Gasteiger partial charge in [0.05, 0.1) is 28.2 Å². The largest absolute Gasteiger partial charge is 0.282 e. The lowest BCUT2D eigenvalue weighted by Gasteiger charge is -2.34. The van der Waals surface area contributed by atoms with Gasteiger partial charge in [-0.2, -0.15) is 9.40 Å². The minimum Gasteiger partial charge on any atom is -0.282 e. The molecule has 9 nitrogen and oxygen atoms in total. The first-order valence-corrected chi connectivity index (χ1v) is 11.1. The Balaban J connectivity index is 1.47. The summed E-state index contributed by atoms with van der Waals surface area (Å²) in [6.45, 7) is 6.08. The van der Waals surface area contributed by atoms with Crippen LogP contribution in [0, 0.1) is 24.0 Å². The SMILES string of the molecule is Cc1ccc(S(=O)(=O)N2CCN(Cn3ncc4ccc([N+](=O)[O-])cc43)CC2)c(C)c1. The second-order valence-corrected chi connectivity index (χ2v) is 9.48. The van der Waals surface area contributed by atoms with Gasteiger partial charge in [-0.05, 0) is 31.5 Å². The first-order valence-electron chi connectivity index (χ1n) is 9.65. The highest BCUT2D eigenvalue weighted by Gasteiger charge is 2.29. The Morgan fingerprint density at radius 1 is 1.07 bits per heavy atom. The topological polar surface area (TPSA) is 102 Å². The molecule has 0 atom stereocenters. The quantitative estimate of drug-likeness (QED) is 0.456. The van der Waals surface area contributed by atoms with Crippen molar-refractivity contribution in [2.75, 3.05) is 26.2 Å². The van der Waals surface area contributed by atoms with Gasteiger partial charge in [-0.1, -0.05) is 17.7 Å². The van der Waals surface area contributed by atoms with E-state index in [0.29, 0.717) is 43.3 Å². The smallest absolute Gasteiger partial charge is 0.271 e.